The minimum absolute atomic E-state index is 0.0497. The fourth-order valence-electron chi connectivity index (χ4n) is 4.05. The van der Waals surface area contributed by atoms with Gasteiger partial charge in [-0.25, -0.2) is 0 Å². The van der Waals surface area contributed by atoms with E-state index in [1.807, 2.05) is 6.92 Å². The number of allylic oxidation sites excluding steroid dienone is 2. The first-order chi connectivity index (χ1) is 8.63. The number of ketones is 1. The van der Waals surface area contributed by atoms with E-state index < -0.39 is 0 Å². The molecule has 1 heterocycles. The van der Waals surface area contributed by atoms with Crippen molar-refractivity contribution in [2.24, 2.45) is 11.3 Å². The molecule has 3 aliphatic rings. The van der Waals surface area contributed by atoms with Crippen LogP contribution in [-0.4, -0.2) is 25.3 Å². The van der Waals surface area contributed by atoms with Gasteiger partial charge in [-0.05, 0) is 43.6 Å². The van der Waals surface area contributed by atoms with Crippen LogP contribution in [-0.2, 0) is 14.3 Å². The maximum Gasteiger partial charge on any atom is 0.161 e. The molecule has 0 N–H and O–H groups in total. The van der Waals surface area contributed by atoms with Crippen molar-refractivity contribution in [3.63, 3.8) is 0 Å². The highest BCUT2D eigenvalue weighted by Crippen LogP contribution is 2.53. The minimum atomic E-state index is -0.0497. The van der Waals surface area contributed by atoms with Crippen molar-refractivity contribution in [3.05, 3.63) is 11.1 Å². The first kappa shape index (κ1) is 12.4. The van der Waals surface area contributed by atoms with Gasteiger partial charge >= 0.3 is 0 Å². The fourth-order valence-corrected chi connectivity index (χ4v) is 4.05. The molecule has 1 saturated heterocycles. The van der Waals surface area contributed by atoms with E-state index in [2.05, 4.69) is 6.92 Å². The normalized spacial score (nSPS) is 38.1. The molecule has 1 saturated carbocycles. The molecule has 2 unspecified atom stereocenters. The zero-order valence-corrected chi connectivity index (χ0v) is 11.3. The summed E-state index contributed by atoms with van der Waals surface area (Å²) in [4.78, 5) is 11.9. The highest BCUT2D eigenvalue weighted by Gasteiger charge is 2.48. The van der Waals surface area contributed by atoms with Gasteiger partial charge in [0, 0.05) is 12.3 Å². The van der Waals surface area contributed by atoms with E-state index in [-0.39, 0.29) is 11.7 Å². The molecule has 0 bridgehead atoms. The van der Waals surface area contributed by atoms with Crippen LogP contribution in [0.4, 0.5) is 0 Å². The molecule has 100 valence electrons. The van der Waals surface area contributed by atoms with Crippen molar-refractivity contribution in [1.82, 2.24) is 0 Å². The molecule has 0 aromatic heterocycles. The average molecular weight is 250 g/mol. The summed E-state index contributed by atoms with van der Waals surface area (Å²) in [5.74, 6) is 0.767. The predicted molar refractivity (Wildman–Crippen MR) is 68.1 cm³/mol. The molecule has 0 spiro atoms. The molecule has 0 aromatic rings. The monoisotopic (exact) mass is 250 g/mol. The van der Waals surface area contributed by atoms with Crippen molar-refractivity contribution in [2.45, 2.75) is 52.2 Å². The van der Waals surface area contributed by atoms with Crippen LogP contribution in [0.15, 0.2) is 11.1 Å². The molecule has 2 aliphatic carbocycles. The quantitative estimate of drug-likeness (QED) is 0.718. The molecule has 0 aromatic carbocycles. The van der Waals surface area contributed by atoms with Crippen LogP contribution in [0, 0.1) is 11.3 Å². The van der Waals surface area contributed by atoms with Crippen molar-refractivity contribution in [2.75, 3.05) is 13.2 Å². The van der Waals surface area contributed by atoms with Gasteiger partial charge in [-0.15, -0.1) is 0 Å². The molecule has 2 atom stereocenters. The largest absolute Gasteiger partial charge is 0.350 e. The number of ether oxygens (including phenoxy) is 2. The third-order valence-corrected chi connectivity index (χ3v) is 5.17. The van der Waals surface area contributed by atoms with E-state index >= 15 is 0 Å². The van der Waals surface area contributed by atoms with Crippen LogP contribution >= 0.6 is 0 Å². The van der Waals surface area contributed by atoms with Crippen LogP contribution < -0.4 is 0 Å². The standard InChI is InChI=1S/C15H22O3/c1-10-11-4-3-5-12(14-17-8-9-18-14)15(11,2)7-6-13(10)16/h12,14H,3-9H2,1-2H3. The van der Waals surface area contributed by atoms with Gasteiger partial charge in [0.15, 0.2) is 12.1 Å². The Bertz CT molecular complexity index is 393. The van der Waals surface area contributed by atoms with Gasteiger partial charge in [0.05, 0.1) is 13.2 Å². The number of fused-ring (bicyclic) bond motifs is 1. The molecule has 3 heteroatoms. The van der Waals surface area contributed by atoms with Gasteiger partial charge in [-0.3, -0.25) is 4.79 Å². The lowest BCUT2D eigenvalue weighted by atomic mass is 9.58. The summed E-state index contributed by atoms with van der Waals surface area (Å²) >= 11 is 0. The summed E-state index contributed by atoms with van der Waals surface area (Å²) in [5, 5.41) is 0. The Balaban J connectivity index is 1.95. The van der Waals surface area contributed by atoms with Crippen LogP contribution in [0.25, 0.3) is 0 Å². The number of hydrogen-bond acceptors (Lipinski definition) is 3. The van der Waals surface area contributed by atoms with Crippen LogP contribution in [0.3, 0.4) is 0 Å². The Hall–Kier alpha value is -0.670. The predicted octanol–water partition coefficient (Wildman–Crippen LogP) is 2.85. The molecular formula is C15H22O3. The second-order valence-electron chi connectivity index (χ2n) is 6.05. The lowest BCUT2D eigenvalue weighted by molar-refractivity contribution is -0.130. The number of Topliss-reactive ketones (excluding diaryl/α,β-unsaturated/α-hetero) is 1. The van der Waals surface area contributed by atoms with Gasteiger partial charge < -0.3 is 9.47 Å². The first-order valence-corrected chi connectivity index (χ1v) is 7.09. The third kappa shape index (κ3) is 1.76. The SMILES string of the molecule is CC1=C2CCCC(C3OCCO3)C2(C)CCC1=O. The number of carbonyl (C=O) groups excluding carboxylic acids is 1. The van der Waals surface area contributed by atoms with Gasteiger partial charge in [-0.2, -0.15) is 0 Å². The number of carbonyl (C=O) groups is 1. The second-order valence-corrected chi connectivity index (χ2v) is 6.05. The highest BCUT2D eigenvalue weighted by atomic mass is 16.7. The van der Waals surface area contributed by atoms with Crippen LogP contribution in [0.5, 0.6) is 0 Å². The molecule has 1 aliphatic heterocycles. The summed E-state index contributed by atoms with van der Waals surface area (Å²) in [5.41, 5.74) is 2.52. The molecule has 18 heavy (non-hydrogen) atoms. The molecule has 0 amide bonds. The van der Waals surface area contributed by atoms with E-state index in [4.69, 9.17) is 9.47 Å². The second kappa shape index (κ2) is 4.46. The molecule has 3 rings (SSSR count). The highest BCUT2D eigenvalue weighted by molar-refractivity contribution is 5.96. The van der Waals surface area contributed by atoms with Crippen molar-refractivity contribution < 1.29 is 14.3 Å². The Morgan fingerprint density at radius 3 is 2.67 bits per heavy atom. The van der Waals surface area contributed by atoms with Gasteiger partial charge in [0.25, 0.3) is 0 Å². The van der Waals surface area contributed by atoms with Crippen molar-refractivity contribution in [1.29, 1.82) is 0 Å². The maximum atomic E-state index is 11.9. The Morgan fingerprint density at radius 1 is 1.22 bits per heavy atom. The van der Waals surface area contributed by atoms with Gasteiger partial charge in [0.2, 0.25) is 0 Å². The zero-order valence-electron chi connectivity index (χ0n) is 11.3. The van der Waals surface area contributed by atoms with E-state index in [0.717, 1.165) is 31.3 Å². The molecule has 2 fully saturated rings. The van der Waals surface area contributed by atoms with E-state index in [1.165, 1.54) is 5.57 Å². The van der Waals surface area contributed by atoms with Crippen molar-refractivity contribution >= 4 is 5.78 Å². The number of hydrogen-bond donors (Lipinski definition) is 0. The third-order valence-electron chi connectivity index (χ3n) is 5.17. The average Bonchev–Trinajstić information content (AvgIpc) is 2.87. The minimum Gasteiger partial charge on any atom is -0.350 e. The van der Waals surface area contributed by atoms with Gasteiger partial charge in [-0.1, -0.05) is 12.5 Å². The zero-order chi connectivity index (χ0) is 12.8. The Labute approximate surface area is 109 Å². The van der Waals surface area contributed by atoms with Gasteiger partial charge in [0.1, 0.15) is 0 Å². The van der Waals surface area contributed by atoms with Crippen LogP contribution in [0.1, 0.15) is 46.0 Å². The van der Waals surface area contributed by atoms with Crippen LogP contribution in [0.2, 0.25) is 0 Å². The van der Waals surface area contributed by atoms with E-state index in [9.17, 15) is 4.79 Å². The van der Waals surface area contributed by atoms with E-state index in [1.54, 1.807) is 0 Å². The molecular weight excluding hydrogens is 228 g/mol. The number of rotatable bonds is 1. The Morgan fingerprint density at radius 2 is 1.94 bits per heavy atom. The summed E-state index contributed by atoms with van der Waals surface area (Å²) in [7, 11) is 0. The first-order valence-electron chi connectivity index (χ1n) is 7.09. The topological polar surface area (TPSA) is 35.5 Å². The summed E-state index contributed by atoms with van der Waals surface area (Å²) in [6, 6.07) is 0. The summed E-state index contributed by atoms with van der Waals surface area (Å²) in [6.07, 6.45) is 5.00. The maximum absolute atomic E-state index is 11.9. The Kier molecular flexibility index (Phi) is 3.07. The lowest BCUT2D eigenvalue weighted by Crippen LogP contribution is -2.43. The summed E-state index contributed by atoms with van der Waals surface area (Å²) in [6.45, 7) is 5.75. The molecule has 0 radical (unpaired) electrons. The lowest BCUT2D eigenvalue weighted by Gasteiger charge is -2.48. The fraction of sp³-hybridized carbons (Fsp3) is 0.800. The molecule has 3 nitrogen and oxygen atoms in total. The summed E-state index contributed by atoms with van der Waals surface area (Å²) < 4.78 is 11.5. The van der Waals surface area contributed by atoms with E-state index in [0.29, 0.717) is 31.3 Å². The smallest absolute Gasteiger partial charge is 0.161 e. The van der Waals surface area contributed by atoms with Crippen molar-refractivity contribution in [3.8, 4) is 0 Å².